The van der Waals surface area contributed by atoms with Crippen LogP contribution in [0.25, 0.3) is 0 Å². The maximum Gasteiger partial charge on any atom is 0.326 e. The van der Waals surface area contributed by atoms with E-state index in [-0.39, 0.29) is 5.69 Å². The summed E-state index contributed by atoms with van der Waals surface area (Å²) >= 11 is 0. The second-order valence-corrected chi connectivity index (χ2v) is 3.72. The zero-order valence-corrected chi connectivity index (χ0v) is 9.89. The molecular formula is C11H10F2N2O5. The fourth-order valence-corrected chi connectivity index (χ4v) is 1.27. The van der Waals surface area contributed by atoms with E-state index in [0.29, 0.717) is 6.07 Å². The highest BCUT2D eigenvalue weighted by molar-refractivity contribution is 5.93. The van der Waals surface area contributed by atoms with Crippen molar-refractivity contribution < 1.29 is 33.4 Å². The lowest BCUT2D eigenvalue weighted by Gasteiger charge is -2.13. The first-order valence-electron chi connectivity index (χ1n) is 5.26. The van der Waals surface area contributed by atoms with Crippen LogP contribution < -0.4 is 10.6 Å². The van der Waals surface area contributed by atoms with Gasteiger partial charge in [-0.1, -0.05) is 0 Å². The third-order valence-corrected chi connectivity index (χ3v) is 2.16. The van der Waals surface area contributed by atoms with Crippen molar-refractivity contribution in [2.75, 3.05) is 5.32 Å². The third-order valence-electron chi connectivity index (χ3n) is 2.16. The number of benzene rings is 1. The number of carboxylic acid groups (broad SMARTS) is 2. The topological polar surface area (TPSA) is 116 Å². The van der Waals surface area contributed by atoms with Crippen LogP contribution in [0, 0.1) is 11.6 Å². The van der Waals surface area contributed by atoms with E-state index in [1.807, 2.05) is 5.32 Å². The van der Waals surface area contributed by atoms with E-state index >= 15 is 0 Å². The molecule has 0 bridgehead atoms. The Morgan fingerprint density at radius 1 is 1.15 bits per heavy atom. The van der Waals surface area contributed by atoms with Gasteiger partial charge >= 0.3 is 18.0 Å². The molecule has 1 atom stereocenters. The molecule has 1 aromatic carbocycles. The highest BCUT2D eigenvalue weighted by Gasteiger charge is 2.23. The first-order valence-corrected chi connectivity index (χ1v) is 5.26. The molecule has 1 unspecified atom stereocenters. The van der Waals surface area contributed by atoms with Gasteiger partial charge in [0, 0.05) is 11.8 Å². The number of carbonyl (C=O) groups excluding carboxylic acids is 1. The largest absolute Gasteiger partial charge is 0.481 e. The number of nitrogens with one attached hydrogen (secondary N) is 2. The molecule has 7 nitrogen and oxygen atoms in total. The number of halogens is 2. The van der Waals surface area contributed by atoms with Crippen LogP contribution in [0.4, 0.5) is 19.3 Å². The minimum Gasteiger partial charge on any atom is -0.481 e. The van der Waals surface area contributed by atoms with Crippen molar-refractivity contribution in [2.24, 2.45) is 0 Å². The molecule has 1 aromatic rings. The normalized spacial score (nSPS) is 11.5. The Hall–Kier alpha value is -2.71. The zero-order chi connectivity index (χ0) is 15.3. The van der Waals surface area contributed by atoms with Crippen LogP contribution >= 0.6 is 0 Å². The number of anilines is 1. The summed E-state index contributed by atoms with van der Waals surface area (Å²) in [6.45, 7) is 0. The number of urea groups is 1. The SMILES string of the molecule is O=C(O)CC(NC(=O)Nc1ccc(F)c(F)c1)C(=O)O. The predicted molar refractivity (Wildman–Crippen MR) is 62.2 cm³/mol. The summed E-state index contributed by atoms with van der Waals surface area (Å²) in [4.78, 5) is 32.5. The summed E-state index contributed by atoms with van der Waals surface area (Å²) < 4.78 is 25.5. The van der Waals surface area contributed by atoms with E-state index in [0.717, 1.165) is 12.1 Å². The Bertz CT molecular complexity index is 550. The average Bonchev–Trinajstić information content (AvgIpc) is 2.32. The van der Waals surface area contributed by atoms with Crippen LogP contribution in [0.15, 0.2) is 18.2 Å². The highest BCUT2D eigenvalue weighted by atomic mass is 19.2. The van der Waals surface area contributed by atoms with Crippen molar-refractivity contribution in [2.45, 2.75) is 12.5 Å². The summed E-state index contributed by atoms with van der Waals surface area (Å²) in [7, 11) is 0. The fraction of sp³-hybridized carbons (Fsp3) is 0.182. The van der Waals surface area contributed by atoms with Crippen molar-refractivity contribution in [3.8, 4) is 0 Å². The molecule has 1 rings (SSSR count). The Kier molecular flexibility index (Phi) is 4.95. The van der Waals surface area contributed by atoms with Crippen LogP contribution in [0.3, 0.4) is 0 Å². The van der Waals surface area contributed by atoms with Gasteiger partial charge in [-0.15, -0.1) is 0 Å². The Labute approximate surface area is 111 Å². The summed E-state index contributed by atoms with van der Waals surface area (Å²) in [5.41, 5.74) is -0.110. The molecule has 20 heavy (non-hydrogen) atoms. The number of rotatable bonds is 5. The summed E-state index contributed by atoms with van der Waals surface area (Å²) in [6.07, 6.45) is -0.819. The summed E-state index contributed by atoms with van der Waals surface area (Å²) in [6, 6.07) is -0.161. The number of carboxylic acids is 2. The third kappa shape index (κ3) is 4.52. The molecular weight excluding hydrogens is 278 g/mol. The number of amides is 2. The quantitative estimate of drug-likeness (QED) is 0.645. The molecule has 0 aliphatic heterocycles. The second kappa shape index (κ2) is 6.45. The van der Waals surface area contributed by atoms with Gasteiger partial charge in [0.25, 0.3) is 0 Å². The Morgan fingerprint density at radius 3 is 2.30 bits per heavy atom. The average molecular weight is 288 g/mol. The van der Waals surface area contributed by atoms with Gasteiger partial charge in [0.2, 0.25) is 0 Å². The minimum atomic E-state index is -1.64. The lowest BCUT2D eigenvalue weighted by Crippen LogP contribution is -2.44. The van der Waals surface area contributed by atoms with Crippen molar-refractivity contribution in [1.29, 1.82) is 0 Å². The van der Waals surface area contributed by atoms with Gasteiger partial charge in [-0.2, -0.15) is 0 Å². The maximum absolute atomic E-state index is 12.9. The van der Waals surface area contributed by atoms with Gasteiger partial charge in [-0.25, -0.2) is 18.4 Å². The van der Waals surface area contributed by atoms with Gasteiger partial charge in [0.1, 0.15) is 6.04 Å². The molecule has 0 spiro atoms. The molecule has 0 saturated heterocycles. The highest BCUT2D eigenvalue weighted by Crippen LogP contribution is 2.12. The molecule has 0 saturated carbocycles. The molecule has 4 N–H and O–H groups in total. The lowest BCUT2D eigenvalue weighted by atomic mass is 10.2. The standard InChI is InChI=1S/C11H10F2N2O5/c12-6-2-1-5(3-7(6)13)14-11(20)15-8(10(18)19)4-9(16)17/h1-3,8H,4H2,(H,16,17)(H,18,19)(H2,14,15,20). The van der Waals surface area contributed by atoms with Gasteiger partial charge in [-0.05, 0) is 12.1 Å². The first kappa shape index (κ1) is 15.3. The Balaban J connectivity index is 2.67. The van der Waals surface area contributed by atoms with Crippen molar-refractivity contribution >= 4 is 23.7 Å². The smallest absolute Gasteiger partial charge is 0.326 e. The van der Waals surface area contributed by atoms with Crippen LogP contribution in [-0.2, 0) is 9.59 Å². The van der Waals surface area contributed by atoms with E-state index < -0.39 is 42.1 Å². The van der Waals surface area contributed by atoms with Gasteiger partial charge < -0.3 is 20.8 Å². The van der Waals surface area contributed by atoms with Gasteiger partial charge in [-0.3, -0.25) is 4.79 Å². The maximum atomic E-state index is 12.9. The first-order chi connectivity index (χ1) is 9.29. The number of aliphatic carboxylic acids is 2. The van der Waals surface area contributed by atoms with Crippen LogP contribution in [0.2, 0.25) is 0 Å². The van der Waals surface area contributed by atoms with Crippen molar-refractivity contribution in [3.63, 3.8) is 0 Å². The molecule has 0 heterocycles. The molecule has 2 amide bonds. The van der Waals surface area contributed by atoms with E-state index in [1.165, 1.54) is 0 Å². The van der Waals surface area contributed by atoms with Crippen LogP contribution in [-0.4, -0.2) is 34.2 Å². The minimum absolute atomic E-state index is 0.110. The van der Waals surface area contributed by atoms with Crippen LogP contribution in [0.1, 0.15) is 6.42 Å². The zero-order valence-electron chi connectivity index (χ0n) is 9.89. The molecule has 108 valence electrons. The molecule has 0 radical (unpaired) electrons. The molecule has 0 fully saturated rings. The Morgan fingerprint density at radius 2 is 1.80 bits per heavy atom. The molecule has 0 aliphatic rings. The van der Waals surface area contributed by atoms with Crippen molar-refractivity contribution in [3.05, 3.63) is 29.8 Å². The van der Waals surface area contributed by atoms with E-state index in [9.17, 15) is 23.2 Å². The van der Waals surface area contributed by atoms with E-state index in [4.69, 9.17) is 10.2 Å². The van der Waals surface area contributed by atoms with Gasteiger partial charge in [0.15, 0.2) is 11.6 Å². The van der Waals surface area contributed by atoms with Gasteiger partial charge in [0.05, 0.1) is 6.42 Å². The molecule has 0 aromatic heterocycles. The lowest BCUT2D eigenvalue weighted by molar-refractivity contribution is -0.145. The molecule has 9 heteroatoms. The van der Waals surface area contributed by atoms with E-state index in [2.05, 4.69) is 5.32 Å². The summed E-state index contributed by atoms with van der Waals surface area (Å²) in [5.74, 6) is -5.24. The second-order valence-electron chi connectivity index (χ2n) is 3.72. The fourth-order valence-electron chi connectivity index (χ4n) is 1.27. The number of hydrogen-bond acceptors (Lipinski definition) is 3. The predicted octanol–water partition coefficient (Wildman–Crippen LogP) is 1.01. The molecule has 0 aliphatic carbocycles. The summed E-state index contributed by atoms with van der Waals surface area (Å²) in [5, 5.41) is 21.1. The van der Waals surface area contributed by atoms with Crippen LogP contribution in [0.5, 0.6) is 0 Å². The monoisotopic (exact) mass is 288 g/mol. The number of carbonyl (C=O) groups is 3. The van der Waals surface area contributed by atoms with E-state index in [1.54, 1.807) is 0 Å². The number of hydrogen-bond donors (Lipinski definition) is 4. The van der Waals surface area contributed by atoms with Crippen molar-refractivity contribution in [1.82, 2.24) is 5.32 Å².